The number of pyridine rings is 5. The van der Waals surface area contributed by atoms with Crippen LogP contribution in [0.25, 0.3) is 0 Å². The second-order valence-corrected chi connectivity index (χ2v) is 44.3. The van der Waals surface area contributed by atoms with E-state index in [1.165, 1.54) is 65.9 Å². The lowest BCUT2D eigenvalue weighted by atomic mass is 10.1. The predicted octanol–water partition coefficient (Wildman–Crippen LogP) is 17.4. The van der Waals surface area contributed by atoms with E-state index in [2.05, 4.69) is 203 Å². The molecule has 2 amide bonds. The third-order valence-corrected chi connectivity index (χ3v) is 27.8. The number of imide groups is 1. The summed E-state index contributed by atoms with van der Waals surface area (Å²) >= 11 is 12.5. The third kappa shape index (κ3) is 44.1. The van der Waals surface area contributed by atoms with Crippen LogP contribution in [0, 0.1) is 34.6 Å². The van der Waals surface area contributed by atoms with E-state index < -0.39 is 43.2 Å². The number of aromatic amines is 3. The van der Waals surface area contributed by atoms with Crippen LogP contribution in [0.15, 0.2) is 158 Å². The first-order chi connectivity index (χ1) is 65.5. The monoisotopic (exact) mass is 2200 g/mol. The van der Waals surface area contributed by atoms with Crippen LogP contribution in [0.1, 0.15) is 251 Å². The molecule has 3 aliphatic heterocycles. The van der Waals surface area contributed by atoms with Gasteiger partial charge in [0.2, 0.25) is 0 Å². The molecule has 0 unspecified atom stereocenters. The van der Waals surface area contributed by atoms with Crippen molar-refractivity contribution in [2.45, 2.75) is 249 Å². The van der Waals surface area contributed by atoms with E-state index in [1.54, 1.807) is 84.2 Å². The van der Waals surface area contributed by atoms with Gasteiger partial charge in [0.15, 0.2) is 37.3 Å². The van der Waals surface area contributed by atoms with Crippen molar-refractivity contribution in [2.75, 3.05) is 80.9 Å². The normalized spacial score (nSPS) is 12.6. The standard InChI is InChI=1S/C17H28BrNO3Si.C14H16N6O2.C14H22N4O4.C11H14BrNO3.C11H12BrNO2.C11H17N.C10H15NO.C7H6BrNO3.C4H8O/c1-12-11-13(18)16(21)19-15(12)14(20)9-7-8-10-22-23(5,6)17(2,3)4;1-8-4-9(19-12-5-11(15)17-7-18-12)14(22)20-3-2-16-6-10(21)13(8)20;1-13(2,3)21-11(19)18(12(20)22-14(4,5)6)10-7-9(15)16-8-17-10;1-7-6-8(12)11(16)13-10(7)9(15)4-2-3-5-14;1-7-6-8(12)11(15)13-5-3-2-4-9(14)10(7)13;1-2-3-9-12-10-11-7-5-4-6-8-11;12-8-4-7-11-9-10-5-2-1-3-6-10;1-3-2-4(8)6(10)9-5(3)7(11)12;1-2-4-5-3-1/h11H,7-10H2,1-6H3,(H,19,21);4-5,7,16H,2-3,6H2,1H3,(H3,15,17,18,19);7-8H,1-6H3,(H2,15,16,17);6,14H,2-5H2,1H3,(H,13,16);6H,2-5H2,1H3;4-8,12H,2-3,9-10H2,1H3;1-3,5-6,11-12H,4,7-9H2;2H,1H3,(H,9,10)(H,11,12);1-4H2. The van der Waals surface area contributed by atoms with E-state index >= 15 is 0 Å². The largest absolute Gasteiger partial charge is 0.477 e. The topological polar surface area (TPSA) is 515 Å². The Labute approximate surface area is 846 Å². The first-order valence-corrected chi connectivity index (χ1v) is 52.0. The molecular weight excluding hydrogens is 2060 g/mol. The van der Waals surface area contributed by atoms with Crippen LogP contribution >= 0.6 is 63.7 Å². The molecule has 10 heterocycles. The van der Waals surface area contributed by atoms with E-state index in [0.29, 0.717) is 127 Å². The second-order valence-electron chi connectivity index (χ2n) is 36.0. The second kappa shape index (κ2) is 61.3. The minimum atomic E-state index is -1.71. The maximum Gasteiger partial charge on any atom is 0.425 e. The smallest absolute Gasteiger partial charge is 0.425 e. The molecule has 0 saturated carbocycles. The third-order valence-electron chi connectivity index (χ3n) is 20.9. The van der Waals surface area contributed by atoms with Gasteiger partial charge in [-0.2, -0.15) is 4.90 Å². The van der Waals surface area contributed by atoms with E-state index in [0.717, 1.165) is 100 Å². The van der Waals surface area contributed by atoms with Gasteiger partial charge in [-0.3, -0.25) is 43.2 Å². The molecule has 760 valence electrons. The number of amides is 2. The Bertz CT molecular complexity index is 5710. The summed E-state index contributed by atoms with van der Waals surface area (Å²) in [7, 11) is -1.71. The number of hydrogen-bond acceptors (Lipinski definition) is 28. The Morgan fingerprint density at radius 3 is 1.45 bits per heavy atom. The number of benzene rings is 2. The number of ether oxygens (including phenoxy) is 3. The lowest BCUT2D eigenvalue weighted by Crippen LogP contribution is -2.44. The number of fused-ring (bicyclic) bond motifs is 2. The fraction of sp³-hybridized carbons (Fsp3) is 0.475. The molecule has 1 saturated heterocycles. The zero-order valence-corrected chi connectivity index (χ0v) is 90.1. The number of carbonyl (C=O) groups is 7. The number of anilines is 5. The van der Waals surface area contributed by atoms with Gasteiger partial charge in [0.1, 0.15) is 52.7 Å². The summed E-state index contributed by atoms with van der Waals surface area (Å²) in [6, 6.07) is 31.8. The van der Waals surface area contributed by atoms with Gasteiger partial charge in [-0.1, -0.05) is 94.8 Å². The summed E-state index contributed by atoms with van der Waals surface area (Å²) in [4.78, 5) is 165. The summed E-state index contributed by atoms with van der Waals surface area (Å²) in [5.74, 6) is -0.379. The Morgan fingerprint density at radius 2 is 0.986 bits per heavy atom. The van der Waals surface area contributed by atoms with Crippen LogP contribution in [-0.4, -0.2) is 179 Å². The number of aliphatic hydroxyl groups excluding tert-OH is 2. The number of H-pyrrole nitrogens is 3. The summed E-state index contributed by atoms with van der Waals surface area (Å²) in [5, 5.41) is 38.5. The number of carboxylic acids is 1. The molecule has 0 radical (unpaired) electrons. The number of ketones is 4. The van der Waals surface area contributed by atoms with Crippen LogP contribution in [0.2, 0.25) is 18.1 Å². The van der Waals surface area contributed by atoms with E-state index in [1.807, 2.05) is 39.0 Å². The molecule has 2 aromatic carbocycles. The molecule has 1 fully saturated rings. The van der Waals surface area contributed by atoms with Crippen LogP contribution in [0.5, 0.6) is 0 Å². The van der Waals surface area contributed by atoms with Crippen LogP contribution in [0.3, 0.4) is 0 Å². The minimum absolute atomic E-state index is 0.0144. The summed E-state index contributed by atoms with van der Waals surface area (Å²) in [6.45, 7) is 41.2. The van der Waals surface area contributed by atoms with Crippen molar-refractivity contribution in [1.29, 1.82) is 0 Å². The fourth-order valence-electron chi connectivity index (χ4n) is 12.8. The number of Topliss-reactive ketones (excluding diaryl/α,β-unsaturated/α-hetero) is 4. The summed E-state index contributed by atoms with van der Waals surface area (Å²) in [6.07, 6.45) is 12.5. The molecule has 0 aliphatic carbocycles. The molecule has 139 heavy (non-hydrogen) atoms. The number of rotatable bonds is 26. The van der Waals surface area contributed by atoms with Gasteiger partial charge in [0.25, 0.3) is 27.8 Å². The number of aromatic carboxylic acids is 1. The molecule has 0 atom stereocenters. The Kier molecular flexibility index (Phi) is 53.2. The SMILES string of the molecule is C1CCOC1.CC(C)(C)OC(=O)N(C(=O)OC(C)(C)C)c1cc(N)ncn1.CCCCNCc1ccccc1.Cc1cc(Br)c(=O)[nH]c1C(=O)CCCCO.Cc1cc(Br)c(=O)[nH]c1C(=O)CCCCO[Si](C)(C)C(C)(C)C.Cc1cc(Br)c(=O)[nH]c1C(=O)O.Cc1cc(Br)c(=O)n2c1C(=O)CCCC2.Cc1cc(Nc2cc(N)ncn2)c(=O)n2c1C(=O)CNCC2.OCCCNCc1ccccc1. The number of nitrogens with one attached hydrogen (secondary N) is 7. The van der Waals surface area contributed by atoms with Gasteiger partial charge in [-0.15, -0.1) is 0 Å². The van der Waals surface area contributed by atoms with Crippen molar-refractivity contribution in [2.24, 2.45) is 0 Å². The van der Waals surface area contributed by atoms with Crippen LogP contribution in [0.4, 0.5) is 38.5 Å². The molecular formula is C99H138Br4N16O19Si. The number of hydrogen-bond donors (Lipinski definition) is 12. The first kappa shape index (κ1) is 121. The Balaban J connectivity index is 0.000000333. The molecule has 0 bridgehead atoms. The predicted molar refractivity (Wildman–Crippen MR) is 560 cm³/mol. The van der Waals surface area contributed by atoms with Crippen molar-refractivity contribution in [3.8, 4) is 0 Å². The van der Waals surface area contributed by atoms with Gasteiger partial charge in [0.05, 0.1) is 47.2 Å². The summed E-state index contributed by atoms with van der Waals surface area (Å²) < 4.78 is 26.3. The average molecular weight is 2200 g/mol. The van der Waals surface area contributed by atoms with Crippen molar-refractivity contribution in [3.63, 3.8) is 0 Å². The highest BCUT2D eigenvalue weighted by atomic mass is 79.9. The van der Waals surface area contributed by atoms with Crippen molar-refractivity contribution >= 4 is 142 Å². The number of halogens is 4. The Morgan fingerprint density at radius 1 is 0.532 bits per heavy atom. The van der Waals surface area contributed by atoms with Crippen molar-refractivity contribution in [1.82, 2.24) is 60.0 Å². The molecule has 9 aromatic rings. The quantitative estimate of drug-likeness (QED) is 0.0136. The number of nitrogens with two attached hydrogens (primary N) is 2. The van der Waals surface area contributed by atoms with Crippen molar-refractivity contribution < 1.29 is 67.5 Å². The van der Waals surface area contributed by atoms with Gasteiger partial charge >= 0.3 is 18.2 Å². The number of nitrogens with zero attached hydrogens (tertiary/aromatic N) is 7. The summed E-state index contributed by atoms with van der Waals surface area (Å²) in [5.41, 5.74) is 16.8. The lowest BCUT2D eigenvalue weighted by Gasteiger charge is -2.36. The zero-order chi connectivity index (χ0) is 104. The highest BCUT2D eigenvalue weighted by Gasteiger charge is 2.37. The minimum Gasteiger partial charge on any atom is -0.477 e. The number of carboxylic acid groups (broad SMARTS) is 1. The molecule has 12 rings (SSSR count). The number of aryl methyl sites for hydroxylation is 5. The number of carbonyl (C=O) groups excluding carboxylic acids is 6. The van der Waals surface area contributed by atoms with Gasteiger partial charge in [-0.25, -0.2) is 34.3 Å². The van der Waals surface area contributed by atoms with Gasteiger partial charge in [0, 0.05) is 97.2 Å². The number of unbranched alkanes of at least 4 members (excludes halogenated alkanes) is 3. The molecule has 3 aliphatic rings. The fourth-order valence-corrected chi connectivity index (χ4v) is 15.7. The van der Waals surface area contributed by atoms with E-state index in [-0.39, 0.29) is 87.5 Å². The van der Waals surface area contributed by atoms with E-state index in [4.69, 9.17) is 45.4 Å². The van der Waals surface area contributed by atoms with Crippen molar-refractivity contribution in [3.05, 3.63) is 253 Å². The zero-order valence-electron chi connectivity index (χ0n) is 82.7. The number of nitrogen functional groups attached to an aromatic ring is 2. The molecule has 35 nitrogen and oxygen atoms in total. The first-order valence-electron chi connectivity index (χ1n) is 46.0. The van der Waals surface area contributed by atoms with E-state index in [9.17, 15) is 57.5 Å². The van der Waals surface area contributed by atoms with Crippen LogP contribution in [-0.2, 0) is 44.8 Å². The van der Waals surface area contributed by atoms with Gasteiger partial charge in [-0.05, 0) is 305 Å². The molecule has 40 heteroatoms. The molecule has 14 N–H and O–H groups in total. The van der Waals surface area contributed by atoms with Gasteiger partial charge < -0.3 is 90.8 Å². The average Bonchev–Trinajstić information content (AvgIpc) is 1.78. The highest BCUT2D eigenvalue weighted by molar-refractivity contribution is 9.11. The number of aromatic nitrogens is 9. The highest BCUT2D eigenvalue weighted by Crippen LogP contribution is 2.37. The molecule has 0 spiro atoms. The van der Waals surface area contributed by atoms with Crippen LogP contribution < -0.4 is 65.4 Å². The molecule has 7 aromatic heterocycles. The number of aliphatic hydroxyl groups is 2. The Hall–Kier alpha value is -10.5. The maximum absolute atomic E-state index is 12.6. The lowest BCUT2D eigenvalue weighted by molar-refractivity contribution is 0.0426. The maximum atomic E-state index is 12.6.